The molecule has 2 heterocycles. The van der Waals surface area contributed by atoms with Crippen LogP contribution in [0.4, 0.5) is 5.82 Å². The zero-order valence-corrected chi connectivity index (χ0v) is 10.3. The van der Waals surface area contributed by atoms with Crippen molar-refractivity contribution in [1.29, 1.82) is 0 Å². The average molecular weight is 288 g/mol. The van der Waals surface area contributed by atoms with Crippen LogP contribution in [0.2, 0.25) is 5.02 Å². The summed E-state index contributed by atoms with van der Waals surface area (Å²) in [6, 6.07) is 1.49. The second-order valence-electron chi connectivity index (χ2n) is 3.38. The van der Waals surface area contributed by atoms with Crippen molar-refractivity contribution in [2.24, 2.45) is 0 Å². The van der Waals surface area contributed by atoms with E-state index in [0.717, 1.165) is 11.3 Å². The zero-order valence-electron chi connectivity index (χ0n) is 8.74. The van der Waals surface area contributed by atoms with Crippen molar-refractivity contribution in [2.45, 2.75) is 6.54 Å². The van der Waals surface area contributed by atoms with Crippen molar-refractivity contribution in [3.63, 3.8) is 0 Å². The Morgan fingerprint density at radius 1 is 1.67 bits per heavy atom. The first-order chi connectivity index (χ1) is 8.47. The van der Waals surface area contributed by atoms with Crippen LogP contribution >= 0.6 is 22.9 Å². The molecule has 1 N–H and O–H groups in total. The van der Waals surface area contributed by atoms with Gasteiger partial charge in [-0.2, -0.15) is 4.68 Å². The fraction of sp³-hybridized carbons (Fsp3) is 0.111. The number of carboxylic acid groups (broad SMARTS) is 1. The van der Waals surface area contributed by atoms with Crippen molar-refractivity contribution in [2.75, 3.05) is 0 Å². The van der Waals surface area contributed by atoms with Crippen LogP contribution < -0.4 is 0 Å². The number of hydrogen-bond acceptors (Lipinski definition) is 5. The van der Waals surface area contributed by atoms with Gasteiger partial charge in [-0.3, -0.25) is 0 Å². The second kappa shape index (κ2) is 4.75. The van der Waals surface area contributed by atoms with E-state index in [9.17, 15) is 14.9 Å². The van der Waals surface area contributed by atoms with E-state index in [2.05, 4.69) is 5.10 Å². The van der Waals surface area contributed by atoms with Crippen molar-refractivity contribution in [3.8, 4) is 0 Å². The van der Waals surface area contributed by atoms with Gasteiger partial charge in [0.1, 0.15) is 4.88 Å². The standard InChI is InChI=1S/C9H6ClN3O4S/c10-6-3-12(11-8(6)13(16)17)2-5-1-7(9(14)15)18-4-5/h1,3-4H,2H2,(H,14,15). The van der Waals surface area contributed by atoms with Crippen LogP contribution in [0.5, 0.6) is 0 Å². The molecule has 7 nitrogen and oxygen atoms in total. The van der Waals surface area contributed by atoms with Gasteiger partial charge >= 0.3 is 11.8 Å². The molecule has 0 amide bonds. The predicted octanol–water partition coefficient (Wildman–Crippen LogP) is 2.25. The van der Waals surface area contributed by atoms with Gasteiger partial charge in [0.2, 0.25) is 0 Å². The Balaban J connectivity index is 2.20. The molecule has 9 heteroatoms. The second-order valence-corrected chi connectivity index (χ2v) is 4.70. The highest BCUT2D eigenvalue weighted by molar-refractivity contribution is 7.12. The largest absolute Gasteiger partial charge is 0.477 e. The van der Waals surface area contributed by atoms with Crippen LogP contribution in [-0.2, 0) is 6.54 Å². The lowest BCUT2D eigenvalue weighted by Gasteiger charge is -1.92. The minimum Gasteiger partial charge on any atom is -0.477 e. The third-order valence-electron chi connectivity index (χ3n) is 2.08. The molecule has 0 aliphatic heterocycles. The Hall–Kier alpha value is -1.93. The molecule has 94 valence electrons. The van der Waals surface area contributed by atoms with Crippen LogP contribution in [0.1, 0.15) is 15.2 Å². The normalized spacial score (nSPS) is 10.5. The van der Waals surface area contributed by atoms with Crippen LogP contribution in [0, 0.1) is 10.1 Å². The number of thiophene rings is 1. The van der Waals surface area contributed by atoms with Crippen molar-refractivity contribution >= 4 is 34.7 Å². The molecule has 0 aromatic carbocycles. The fourth-order valence-corrected chi connectivity index (χ4v) is 2.31. The van der Waals surface area contributed by atoms with Crippen molar-refractivity contribution < 1.29 is 14.8 Å². The third kappa shape index (κ3) is 2.49. The first-order valence-electron chi connectivity index (χ1n) is 4.65. The summed E-state index contributed by atoms with van der Waals surface area (Å²) in [6.07, 6.45) is 1.33. The summed E-state index contributed by atoms with van der Waals surface area (Å²) in [6.45, 7) is 0.233. The highest BCUT2D eigenvalue weighted by Gasteiger charge is 2.19. The van der Waals surface area contributed by atoms with Crippen LogP contribution in [-0.4, -0.2) is 25.8 Å². The Bertz CT molecular complexity index is 621. The maximum absolute atomic E-state index is 10.7. The van der Waals surface area contributed by atoms with Gasteiger partial charge in [-0.25, -0.2) is 4.79 Å². The molecule has 0 fully saturated rings. The fourth-order valence-electron chi connectivity index (χ4n) is 1.35. The van der Waals surface area contributed by atoms with E-state index in [-0.39, 0.29) is 16.4 Å². The molecule has 0 saturated carbocycles. The molecule has 0 bridgehead atoms. The smallest absolute Gasteiger partial charge is 0.408 e. The number of halogens is 1. The maximum Gasteiger partial charge on any atom is 0.408 e. The summed E-state index contributed by atoms with van der Waals surface area (Å²) in [4.78, 5) is 20.8. The average Bonchev–Trinajstić information content (AvgIpc) is 2.86. The van der Waals surface area contributed by atoms with E-state index < -0.39 is 16.7 Å². The number of rotatable bonds is 4. The maximum atomic E-state index is 10.7. The van der Waals surface area contributed by atoms with Gasteiger partial charge < -0.3 is 15.2 Å². The lowest BCUT2D eigenvalue weighted by Crippen LogP contribution is -2.00. The summed E-state index contributed by atoms with van der Waals surface area (Å²) >= 11 is 6.73. The Morgan fingerprint density at radius 2 is 2.39 bits per heavy atom. The first kappa shape index (κ1) is 12.5. The molecule has 2 rings (SSSR count). The predicted molar refractivity (Wildman–Crippen MR) is 64.3 cm³/mol. The van der Waals surface area contributed by atoms with Crippen molar-refractivity contribution in [3.05, 3.63) is 43.2 Å². The molecule has 0 saturated heterocycles. The highest BCUT2D eigenvalue weighted by Crippen LogP contribution is 2.22. The molecule has 2 aromatic heterocycles. The van der Waals surface area contributed by atoms with Gasteiger partial charge in [0.15, 0.2) is 5.02 Å². The quantitative estimate of drug-likeness (QED) is 0.687. The SMILES string of the molecule is O=C(O)c1cc(Cn2cc(Cl)c([N+](=O)[O-])n2)cs1. The minimum atomic E-state index is -1.00. The van der Waals surface area contributed by atoms with Gasteiger partial charge in [-0.15, -0.1) is 11.3 Å². The molecule has 18 heavy (non-hydrogen) atoms. The monoisotopic (exact) mass is 287 g/mol. The summed E-state index contributed by atoms with van der Waals surface area (Å²) in [5.41, 5.74) is 0.700. The molecular formula is C9H6ClN3O4S. The number of nitrogens with zero attached hydrogens (tertiary/aromatic N) is 3. The van der Waals surface area contributed by atoms with E-state index in [1.807, 2.05) is 0 Å². The first-order valence-corrected chi connectivity index (χ1v) is 5.91. The zero-order chi connectivity index (χ0) is 13.3. The van der Waals surface area contributed by atoms with Gasteiger partial charge in [0, 0.05) is 0 Å². The van der Waals surface area contributed by atoms with E-state index in [1.165, 1.54) is 16.9 Å². The minimum absolute atomic E-state index is 0.0475. The van der Waals surface area contributed by atoms with Gasteiger partial charge in [-0.1, -0.05) is 11.6 Å². The molecule has 0 unspecified atom stereocenters. The summed E-state index contributed by atoms with van der Waals surface area (Å²) in [7, 11) is 0. The molecular weight excluding hydrogens is 282 g/mol. The van der Waals surface area contributed by atoms with Gasteiger partial charge in [-0.05, 0) is 21.9 Å². The van der Waals surface area contributed by atoms with E-state index in [0.29, 0.717) is 5.56 Å². The number of hydrogen-bond donors (Lipinski definition) is 1. The van der Waals surface area contributed by atoms with Crippen LogP contribution in [0.25, 0.3) is 0 Å². The number of aromatic carboxylic acids is 1. The Kier molecular flexibility index (Phi) is 3.30. The van der Waals surface area contributed by atoms with Gasteiger partial charge in [0.05, 0.1) is 17.8 Å². The summed E-state index contributed by atoms with van der Waals surface area (Å²) < 4.78 is 1.30. The van der Waals surface area contributed by atoms with E-state index in [1.54, 1.807) is 5.38 Å². The molecule has 0 spiro atoms. The van der Waals surface area contributed by atoms with Crippen molar-refractivity contribution in [1.82, 2.24) is 9.78 Å². The number of carboxylic acids is 1. The van der Waals surface area contributed by atoms with Crippen LogP contribution in [0.3, 0.4) is 0 Å². The topological polar surface area (TPSA) is 98.3 Å². The lowest BCUT2D eigenvalue weighted by atomic mass is 10.3. The lowest BCUT2D eigenvalue weighted by molar-refractivity contribution is -0.389. The molecule has 0 atom stereocenters. The number of carbonyl (C=O) groups is 1. The summed E-state index contributed by atoms with van der Waals surface area (Å²) in [5.74, 6) is -1.42. The molecule has 0 aliphatic rings. The number of aromatic nitrogens is 2. The third-order valence-corrected chi connectivity index (χ3v) is 3.31. The van der Waals surface area contributed by atoms with E-state index >= 15 is 0 Å². The van der Waals surface area contributed by atoms with Crippen LogP contribution in [0.15, 0.2) is 17.6 Å². The Labute approximate surface area is 109 Å². The van der Waals surface area contributed by atoms with E-state index in [4.69, 9.17) is 16.7 Å². The van der Waals surface area contributed by atoms with Gasteiger partial charge in [0.25, 0.3) is 0 Å². The Morgan fingerprint density at radius 3 is 2.89 bits per heavy atom. The highest BCUT2D eigenvalue weighted by atomic mass is 35.5. The molecule has 0 radical (unpaired) electrons. The number of nitro groups is 1. The molecule has 0 aliphatic carbocycles. The molecule has 2 aromatic rings. The summed E-state index contributed by atoms with van der Waals surface area (Å²) in [5, 5.41) is 24.6.